The fourth-order valence-electron chi connectivity index (χ4n) is 3.38. The lowest BCUT2D eigenvalue weighted by Gasteiger charge is -2.33. The van der Waals surface area contributed by atoms with Gasteiger partial charge in [-0.2, -0.15) is 17.5 Å². The molecule has 0 bridgehead atoms. The highest BCUT2D eigenvalue weighted by Crippen LogP contribution is 2.31. The van der Waals surface area contributed by atoms with Crippen LogP contribution in [0.3, 0.4) is 0 Å². The molecule has 2 aromatic carbocycles. The van der Waals surface area contributed by atoms with Crippen LogP contribution in [0.15, 0.2) is 53.4 Å². The summed E-state index contributed by atoms with van der Waals surface area (Å²) in [4.78, 5) is 13.6. The zero-order valence-electron chi connectivity index (χ0n) is 17.6. The van der Waals surface area contributed by atoms with E-state index in [1.165, 1.54) is 18.1 Å². The number of carbonyl (C=O) groups is 1. The minimum Gasteiger partial charge on any atom is -0.496 e. The number of sulfonamides is 1. The quantitative estimate of drug-likeness (QED) is 0.630. The van der Waals surface area contributed by atoms with E-state index in [1.807, 2.05) is 19.1 Å². The number of carbonyl (C=O) groups excluding carboxylic acids is 1. The minimum absolute atomic E-state index is 0.00801. The summed E-state index contributed by atoms with van der Waals surface area (Å²) in [6.45, 7) is 2.17. The highest BCUT2D eigenvalue weighted by atomic mass is 32.2. The smallest absolute Gasteiger partial charge is 0.416 e. The molecule has 0 spiro atoms. The Labute approximate surface area is 184 Å². The predicted molar refractivity (Wildman–Crippen MR) is 114 cm³/mol. The van der Waals surface area contributed by atoms with E-state index < -0.39 is 26.7 Å². The van der Waals surface area contributed by atoms with Crippen LogP contribution < -0.4 is 4.74 Å². The number of aryl methyl sites for hydroxylation is 1. The highest BCUT2D eigenvalue weighted by molar-refractivity contribution is 7.89. The maximum Gasteiger partial charge on any atom is 0.416 e. The van der Waals surface area contributed by atoms with Crippen molar-refractivity contribution in [3.8, 4) is 5.75 Å². The second-order valence-corrected chi connectivity index (χ2v) is 9.27. The lowest BCUT2D eigenvalue weighted by atomic mass is 10.1. The summed E-state index contributed by atoms with van der Waals surface area (Å²) in [6.07, 6.45) is -1.60. The van der Waals surface area contributed by atoms with Gasteiger partial charge >= 0.3 is 6.18 Å². The SMILES string of the molecule is COc1ccc(C)cc1/C=C/C(=O)N1CCN(S(=O)(=O)c2cccc(C(F)(F)F)c2)CC1. The summed E-state index contributed by atoms with van der Waals surface area (Å²) in [5.74, 6) is 0.335. The number of piperazine rings is 1. The second-order valence-electron chi connectivity index (χ2n) is 7.33. The normalized spacial score (nSPS) is 15.8. The Morgan fingerprint density at radius 3 is 2.38 bits per heavy atom. The van der Waals surface area contributed by atoms with Crippen LogP contribution in [0.25, 0.3) is 6.08 Å². The largest absolute Gasteiger partial charge is 0.496 e. The molecule has 0 unspecified atom stereocenters. The molecule has 0 N–H and O–H groups in total. The molecule has 0 radical (unpaired) electrons. The van der Waals surface area contributed by atoms with Gasteiger partial charge in [0.05, 0.1) is 17.6 Å². The van der Waals surface area contributed by atoms with Crippen LogP contribution in [0.4, 0.5) is 13.2 Å². The molecule has 172 valence electrons. The molecule has 6 nitrogen and oxygen atoms in total. The van der Waals surface area contributed by atoms with Gasteiger partial charge in [0.1, 0.15) is 5.75 Å². The van der Waals surface area contributed by atoms with E-state index in [0.29, 0.717) is 11.8 Å². The van der Waals surface area contributed by atoms with Crippen LogP contribution in [-0.2, 0) is 21.0 Å². The monoisotopic (exact) mass is 468 g/mol. The van der Waals surface area contributed by atoms with E-state index in [1.54, 1.807) is 12.1 Å². The molecule has 1 amide bonds. The first kappa shape index (κ1) is 23.8. The first-order chi connectivity index (χ1) is 15.0. The summed E-state index contributed by atoms with van der Waals surface area (Å²) >= 11 is 0. The van der Waals surface area contributed by atoms with Crippen molar-refractivity contribution < 1.29 is 31.1 Å². The van der Waals surface area contributed by atoms with Gasteiger partial charge in [-0.15, -0.1) is 0 Å². The minimum atomic E-state index is -4.64. The van der Waals surface area contributed by atoms with E-state index in [4.69, 9.17) is 4.74 Å². The van der Waals surface area contributed by atoms with E-state index in [-0.39, 0.29) is 32.1 Å². The van der Waals surface area contributed by atoms with Crippen LogP contribution in [0.5, 0.6) is 5.75 Å². The maximum atomic E-state index is 12.9. The third-order valence-corrected chi connectivity index (χ3v) is 7.03. The highest BCUT2D eigenvalue weighted by Gasteiger charge is 2.34. The Hall–Kier alpha value is -2.85. The average molecular weight is 468 g/mol. The Bertz CT molecular complexity index is 1120. The van der Waals surface area contributed by atoms with Crippen LogP contribution in [0.2, 0.25) is 0 Å². The van der Waals surface area contributed by atoms with Crippen molar-refractivity contribution in [2.24, 2.45) is 0 Å². The van der Waals surface area contributed by atoms with E-state index in [9.17, 15) is 26.4 Å². The molecule has 1 saturated heterocycles. The Morgan fingerprint density at radius 2 is 1.75 bits per heavy atom. The molecule has 1 fully saturated rings. The van der Waals surface area contributed by atoms with Gasteiger partial charge in [0, 0.05) is 37.8 Å². The molecule has 0 aliphatic carbocycles. The lowest BCUT2D eigenvalue weighted by molar-refractivity contribution is -0.137. The molecule has 32 heavy (non-hydrogen) atoms. The molecule has 0 saturated carbocycles. The van der Waals surface area contributed by atoms with Crippen molar-refractivity contribution in [2.45, 2.75) is 18.0 Å². The van der Waals surface area contributed by atoms with Crippen LogP contribution in [0.1, 0.15) is 16.7 Å². The van der Waals surface area contributed by atoms with Crippen LogP contribution >= 0.6 is 0 Å². The van der Waals surface area contributed by atoms with Gasteiger partial charge in [-0.25, -0.2) is 8.42 Å². The number of rotatable bonds is 5. The summed E-state index contributed by atoms with van der Waals surface area (Å²) < 4.78 is 70.8. The van der Waals surface area contributed by atoms with Gasteiger partial charge in [0.2, 0.25) is 15.9 Å². The fourth-order valence-corrected chi connectivity index (χ4v) is 4.85. The third-order valence-electron chi connectivity index (χ3n) is 5.14. The molecule has 3 rings (SSSR count). The van der Waals surface area contributed by atoms with Gasteiger partial charge in [-0.05, 0) is 43.3 Å². The molecule has 1 aliphatic rings. The molecular formula is C22H23F3N2O4S. The summed E-state index contributed by atoms with van der Waals surface area (Å²) in [5.41, 5.74) is 0.724. The van der Waals surface area contributed by atoms with Gasteiger partial charge < -0.3 is 9.64 Å². The Kier molecular flexibility index (Phi) is 6.94. The molecule has 1 aliphatic heterocycles. The van der Waals surface area contributed by atoms with Gasteiger partial charge in [0.25, 0.3) is 0 Å². The van der Waals surface area contributed by atoms with E-state index >= 15 is 0 Å². The zero-order chi connectivity index (χ0) is 23.5. The summed E-state index contributed by atoms with van der Waals surface area (Å²) in [5, 5.41) is 0. The van der Waals surface area contributed by atoms with Crippen LogP contribution in [0, 0.1) is 6.92 Å². The number of hydrogen-bond donors (Lipinski definition) is 0. The molecule has 10 heteroatoms. The molecule has 0 atom stereocenters. The second kappa shape index (κ2) is 9.33. The number of methoxy groups -OCH3 is 1. The molecule has 0 aromatic heterocycles. The fraction of sp³-hybridized carbons (Fsp3) is 0.318. The lowest BCUT2D eigenvalue weighted by Crippen LogP contribution is -2.50. The first-order valence-electron chi connectivity index (χ1n) is 9.81. The Balaban J connectivity index is 1.67. The van der Waals surface area contributed by atoms with Gasteiger partial charge in [0.15, 0.2) is 0 Å². The van der Waals surface area contributed by atoms with Crippen molar-refractivity contribution in [1.82, 2.24) is 9.21 Å². The topological polar surface area (TPSA) is 66.9 Å². The van der Waals surface area contributed by atoms with Crippen molar-refractivity contribution in [2.75, 3.05) is 33.3 Å². The zero-order valence-corrected chi connectivity index (χ0v) is 18.4. The van der Waals surface area contributed by atoms with Gasteiger partial charge in [-0.3, -0.25) is 4.79 Å². The average Bonchev–Trinajstić information content (AvgIpc) is 2.77. The number of alkyl halides is 3. The number of benzene rings is 2. The third kappa shape index (κ3) is 5.31. The standard InChI is InChI=1S/C22H23F3N2O4S/c1-16-6-8-20(31-2)17(14-16)7-9-21(28)26-10-12-27(13-11-26)32(29,30)19-5-3-4-18(15-19)22(23,24)25/h3-9,14-15H,10-13H2,1-2H3/b9-7+. The Morgan fingerprint density at radius 1 is 1.06 bits per heavy atom. The van der Waals surface area contributed by atoms with Crippen molar-refractivity contribution in [3.63, 3.8) is 0 Å². The van der Waals surface area contributed by atoms with Crippen molar-refractivity contribution >= 4 is 22.0 Å². The van der Waals surface area contributed by atoms with Crippen LogP contribution in [-0.4, -0.2) is 56.8 Å². The van der Waals surface area contributed by atoms with E-state index in [2.05, 4.69) is 0 Å². The summed E-state index contributed by atoms with van der Waals surface area (Å²) in [6, 6.07) is 9.23. The first-order valence-corrected chi connectivity index (χ1v) is 11.3. The maximum absolute atomic E-state index is 12.9. The molecule has 2 aromatic rings. The van der Waals surface area contributed by atoms with E-state index in [0.717, 1.165) is 33.6 Å². The van der Waals surface area contributed by atoms with Gasteiger partial charge in [-0.1, -0.05) is 17.7 Å². The van der Waals surface area contributed by atoms with Crippen molar-refractivity contribution in [3.05, 3.63) is 65.2 Å². The number of hydrogen-bond acceptors (Lipinski definition) is 4. The summed E-state index contributed by atoms with van der Waals surface area (Å²) in [7, 11) is -2.57. The molecule has 1 heterocycles. The predicted octanol–water partition coefficient (Wildman–Crippen LogP) is 3.57. The molecular weight excluding hydrogens is 445 g/mol. The number of ether oxygens (including phenoxy) is 1. The number of amides is 1. The number of halogens is 3. The van der Waals surface area contributed by atoms with Crippen molar-refractivity contribution in [1.29, 1.82) is 0 Å². The number of nitrogens with zero attached hydrogens (tertiary/aromatic N) is 2.